The molecule has 2 aromatic heterocycles. The summed E-state index contributed by atoms with van der Waals surface area (Å²) in [6.45, 7) is 5.30. The lowest BCUT2D eigenvalue weighted by molar-refractivity contribution is 0.0704. The Morgan fingerprint density at radius 3 is 2.83 bits per heavy atom. The fraction of sp³-hybridized carbons (Fsp3) is 0.533. The maximum absolute atomic E-state index is 12.6. The quantitative estimate of drug-likeness (QED) is 0.874. The van der Waals surface area contributed by atoms with Gasteiger partial charge in [-0.05, 0) is 12.0 Å². The summed E-state index contributed by atoms with van der Waals surface area (Å²) in [4.78, 5) is 18.8. The first-order valence-corrected chi connectivity index (χ1v) is 8.47. The molecule has 2 aromatic rings. The van der Waals surface area contributed by atoms with Crippen LogP contribution in [0, 0.1) is 0 Å². The van der Waals surface area contributed by atoms with Gasteiger partial charge in [0.15, 0.2) is 5.01 Å². The topological polar surface area (TPSA) is 91.5 Å². The molecule has 23 heavy (non-hydrogen) atoms. The lowest BCUT2D eigenvalue weighted by Crippen LogP contribution is -2.38. The van der Waals surface area contributed by atoms with Gasteiger partial charge in [0.05, 0.1) is 36.8 Å². The predicted octanol–water partition coefficient (Wildman–Crippen LogP) is 1.14. The Morgan fingerprint density at radius 1 is 1.39 bits per heavy atom. The van der Waals surface area contributed by atoms with Gasteiger partial charge in [-0.2, -0.15) is 5.10 Å². The van der Waals surface area contributed by atoms with Crippen LogP contribution in [0.4, 0.5) is 0 Å². The second kappa shape index (κ2) is 6.38. The van der Waals surface area contributed by atoms with E-state index in [2.05, 4.69) is 23.9 Å². The van der Waals surface area contributed by atoms with E-state index < -0.39 is 6.10 Å². The van der Waals surface area contributed by atoms with Gasteiger partial charge in [0.25, 0.3) is 5.91 Å². The van der Waals surface area contributed by atoms with Crippen molar-refractivity contribution in [1.82, 2.24) is 19.7 Å². The largest absolute Gasteiger partial charge is 0.393 e. The van der Waals surface area contributed by atoms with Gasteiger partial charge in [-0.3, -0.25) is 9.48 Å². The molecule has 0 saturated carbocycles. The maximum Gasteiger partial charge on any atom is 0.283 e. The molecule has 2 N–H and O–H groups in total. The average molecular weight is 336 g/mol. The van der Waals surface area contributed by atoms with E-state index in [-0.39, 0.29) is 12.5 Å². The highest BCUT2D eigenvalue weighted by molar-refractivity contribution is 7.11. The zero-order chi connectivity index (χ0) is 16.6. The third-order valence-electron chi connectivity index (χ3n) is 3.91. The van der Waals surface area contributed by atoms with Crippen LogP contribution in [-0.4, -0.2) is 48.9 Å². The van der Waals surface area contributed by atoms with E-state index in [9.17, 15) is 9.90 Å². The summed E-state index contributed by atoms with van der Waals surface area (Å²) in [7, 11) is 0. The van der Waals surface area contributed by atoms with Gasteiger partial charge < -0.3 is 15.1 Å². The molecule has 0 aromatic carbocycles. The third kappa shape index (κ3) is 3.15. The second-order valence-corrected chi connectivity index (χ2v) is 6.80. The molecule has 7 nitrogen and oxygen atoms in total. The minimum atomic E-state index is -0.982. The number of rotatable bonds is 4. The Bertz CT molecular complexity index is 709. The van der Waals surface area contributed by atoms with Crippen molar-refractivity contribution in [2.45, 2.75) is 39.0 Å². The lowest BCUT2D eigenvalue weighted by atomic mass is 10.2. The van der Waals surface area contributed by atoms with Crippen LogP contribution in [0.25, 0.3) is 0 Å². The molecule has 0 bridgehead atoms. The number of aliphatic hydroxyl groups excluding tert-OH is 2. The standard InChI is InChI=1S/C15H20N4O3S/c1-9(2)12-8-23-14(16-12)15(22)18-3-4-19-10(6-18)5-11(17-19)13(21)7-20/h5,8-9,13,20-21H,3-4,6-7H2,1-2H3/t13-/m1/s1. The number of carbonyl (C=O) groups is 1. The van der Waals surface area contributed by atoms with Crippen LogP contribution in [0.2, 0.25) is 0 Å². The van der Waals surface area contributed by atoms with E-state index in [1.54, 1.807) is 15.6 Å². The number of amides is 1. The smallest absolute Gasteiger partial charge is 0.283 e. The van der Waals surface area contributed by atoms with E-state index in [1.165, 1.54) is 11.3 Å². The Balaban J connectivity index is 1.75. The number of aliphatic hydroxyl groups is 2. The molecule has 1 amide bonds. The number of thiazole rings is 1. The zero-order valence-corrected chi connectivity index (χ0v) is 14.0. The Hall–Kier alpha value is -1.77. The summed E-state index contributed by atoms with van der Waals surface area (Å²) in [5, 5.41) is 25.4. The minimum absolute atomic E-state index is 0.0707. The van der Waals surface area contributed by atoms with Crippen LogP contribution in [0.5, 0.6) is 0 Å². The SMILES string of the molecule is CC(C)c1csc(C(=O)N2CCn3nc([C@H](O)CO)cc3C2)n1. The Kier molecular flexibility index (Phi) is 4.47. The summed E-state index contributed by atoms with van der Waals surface area (Å²) in [5.74, 6) is 0.233. The molecule has 0 unspecified atom stereocenters. The van der Waals surface area contributed by atoms with Gasteiger partial charge in [0.2, 0.25) is 0 Å². The van der Waals surface area contributed by atoms with Crippen LogP contribution in [-0.2, 0) is 13.1 Å². The average Bonchev–Trinajstić information content (AvgIpc) is 3.19. The first-order valence-electron chi connectivity index (χ1n) is 7.59. The van der Waals surface area contributed by atoms with Gasteiger partial charge in [-0.15, -0.1) is 11.3 Å². The highest BCUT2D eigenvalue weighted by atomic mass is 32.1. The van der Waals surface area contributed by atoms with Crippen LogP contribution in [0.15, 0.2) is 11.4 Å². The molecule has 3 heterocycles. The first-order chi connectivity index (χ1) is 11.0. The summed E-state index contributed by atoms with van der Waals surface area (Å²) in [5.41, 5.74) is 2.23. The van der Waals surface area contributed by atoms with E-state index in [4.69, 9.17) is 5.11 Å². The fourth-order valence-corrected chi connectivity index (χ4v) is 3.45. The molecule has 3 rings (SSSR count). The third-order valence-corrected chi connectivity index (χ3v) is 4.76. The van der Waals surface area contributed by atoms with Crippen molar-refractivity contribution in [3.05, 3.63) is 33.5 Å². The van der Waals surface area contributed by atoms with Crippen molar-refractivity contribution in [2.24, 2.45) is 0 Å². The minimum Gasteiger partial charge on any atom is -0.393 e. The van der Waals surface area contributed by atoms with Crippen molar-refractivity contribution in [1.29, 1.82) is 0 Å². The second-order valence-electron chi connectivity index (χ2n) is 5.94. The zero-order valence-electron chi connectivity index (χ0n) is 13.1. The predicted molar refractivity (Wildman–Crippen MR) is 85.2 cm³/mol. The van der Waals surface area contributed by atoms with Crippen molar-refractivity contribution in [3.63, 3.8) is 0 Å². The van der Waals surface area contributed by atoms with E-state index in [0.29, 0.717) is 36.3 Å². The highest BCUT2D eigenvalue weighted by Crippen LogP contribution is 2.22. The number of hydrogen-bond donors (Lipinski definition) is 2. The number of aromatic nitrogens is 3. The van der Waals surface area contributed by atoms with Crippen LogP contribution < -0.4 is 0 Å². The molecular weight excluding hydrogens is 316 g/mol. The molecule has 1 atom stereocenters. The molecule has 0 fully saturated rings. The molecular formula is C15H20N4O3S. The molecule has 8 heteroatoms. The Morgan fingerprint density at radius 2 is 2.17 bits per heavy atom. The molecule has 0 saturated heterocycles. The van der Waals surface area contributed by atoms with Gasteiger partial charge in [-0.25, -0.2) is 4.98 Å². The molecule has 124 valence electrons. The van der Waals surface area contributed by atoms with Crippen LogP contribution >= 0.6 is 11.3 Å². The molecule has 0 aliphatic carbocycles. The molecule has 1 aliphatic rings. The van der Waals surface area contributed by atoms with Crippen molar-refractivity contribution >= 4 is 17.2 Å². The maximum atomic E-state index is 12.6. The molecule has 1 aliphatic heterocycles. The summed E-state index contributed by atoms with van der Waals surface area (Å²) < 4.78 is 1.78. The van der Waals surface area contributed by atoms with Gasteiger partial charge in [-0.1, -0.05) is 13.8 Å². The van der Waals surface area contributed by atoms with Gasteiger partial charge >= 0.3 is 0 Å². The van der Waals surface area contributed by atoms with E-state index >= 15 is 0 Å². The normalized spacial score (nSPS) is 15.8. The van der Waals surface area contributed by atoms with Crippen LogP contribution in [0.1, 0.15) is 52.8 Å². The molecule has 0 radical (unpaired) electrons. The lowest BCUT2D eigenvalue weighted by Gasteiger charge is -2.26. The number of hydrogen-bond acceptors (Lipinski definition) is 6. The van der Waals surface area contributed by atoms with Crippen molar-refractivity contribution in [2.75, 3.05) is 13.2 Å². The molecule has 0 spiro atoms. The van der Waals surface area contributed by atoms with Crippen LogP contribution in [0.3, 0.4) is 0 Å². The number of carbonyl (C=O) groups excluding carboxylic acids is 1. The Labute approximate surface area is 138 Å². The first kappa shape index (κ1) is 16.1. The number of nitrogens with zero attached hydrogens (tertiary/aromatic N) is 4. The monoisotopic (exact) mass is 336 g/mol. The summed E-state index contributed by atoms with van der Waals surface area (Å²) in [6, 6.07) is 1.74. The summed E-state index contributed by atoms with van der Waals surface area (Å²) >= 11 is 1.38. The summed E-state index contributed by atoms with van der Waals surface area (Å²) in [6.07, 6.45) is -0.982. The van der Waals surface area contributed by atoms with Crippen molar-refractivity contribution in [3.8, 4) is 0 Å². The van der Waals surface area contributed by atoms with E-state index in [0.717, 1.165) is 11.4 Å². The van der Waals surface area contributed by atoms with E-state index in [1.807, 2.05) is 5.38 Å². The van der Waals surface area contributed by atoms with Gasteiger partial charge in [0.1, 0.15) is 6.10 Å². The van der Waals surface area contributed by atoms with Gasteiger partial charge in [0, 0.05) is 11.9 Å². The number of fused-ring (bicyclic) bond motifs is 1. The highest BCUT2D eigenvalue weighted by Gasteiger charge is 2.26. The fourth-order valence-electron chi connectivity index (χ4n) is 2.50. The van der Waals surface area contributed by atoms with Crippen molar-refractivity contribution < 1.29 is 15.0 Å².